The molecule has 0 aliphatic carbocycles. The Balaban J connectivity index is 2.92. The van der Waals surface area contributed by atoms with Gasteiger partial charge in [-0.05, 0) is 37.0 Å². The number of nitrogens with zero attached hydrogens (tertiary/aromatic N) is 3. The van der Waals surface area contributed by atoms with Crippen molar-refractivity contribution in [3.05, 3.63) is 28.7 Å². The smallest absolute Gasteiger partial charge is 0.354 e. The van der Waals surface area contributed by atoms with Crippen molar-refractivity contribution >= 4 is 11.6 Å². The number of aryl methyl sites for hydroxylation is 2. The quantitative estimate of drug-likeness (QED) is 0.863. The number of hydrogen-bond acceptors (Lipinski definition) is 3. The molecular formula is C12H15N3O2. The molecule has 0 saturated heterocycles. The minimum atomic E-state index is -0.965. The molecule has 2 aromatic rings. The number of aromatic nitrogens is 3. The predicted molar refractivity (Wildman–Crippen MR) is 63.5 cm³/mol. The fourth-order valence-electron chi connectivity index (χ4n) is 2.20. The summed E-state index contributed by atoms with van der Waals surface area (Å²) >= 11 is 0. The molecule has 5 heteroatoms. The summed E-state index contributed by atoms with van der Waals surface area (Å²) in [4.78, 5) is 15.6. The molecule has 0 aliphatic heterocycles. The zero-order valence-corrected chi connectivity index (χ0v) is 10.4. The summed E-state index contributed by atoms with van der Waals surface area (Å²) < 4.78 is 1.42. The van der Waals surface area contributed by atoms with Crippen molar-refractivity contribution in [3.8, 4) is 0 Å². The number of carbonyl (C=O) groups is 1. The number of pyridine rings is 1. The van der Waals surface area contributed by atoms with Gasteiger partial charge in [0.15, 0.2) is 11.3 Å². The molecule has 0 unspecified atom stereocenters. The molecule has 0 atom stereocenters. The first-order valence-electron chi connectivity index (χ1n) is 5.52. The Labute approximate surface area is 99.1 Å². The summed E-state index contributed by atoms with van der Waals surface area (Å²) in [5.41, 5.74) is 2.56. The Kier molecular flexibility index (Phi) is 2.61. The van der Waals surface area contributed by atoms with Gasteiger partial charge in [0.25, 0.3) is 0 Å². The zero-order chi connectivity index (χ0) is 12.7. The summed E-state index contributed by atoms with van der Waals surface area (Å²) in [6, 6.07) is 1.88. The second kappa shape index (κ2) is 3.84. The zero-order valence-electron chi connectivity index (χ0n) is 10.4. The van der Waals surface area contributed by atoms with E-state index >= 15 is 0 Å². The number of fused-ring (bicyclic) bond motifs is 1. The van der Waals surface area contributed by atoms with Gasteiger partial charge in [0, 0.05) is 0 Å². The molecule has 0 aliphatic rings. The number of aromatic carboxylic acids is 1. The third-order valence-corrected chi connectivity index (χ3v) is 2.76. The maximum atomic E-state index is 11.4. The lowest BCUT2D eigenvalue weighted by Crippen LogP contribution is -2.13. The molecule has 2 heterocycles. The predicted octanol–water partition coefficient (Wildman–Crippen LogP) is 2.17. The summed E-state index contributed by atoms with van der Waals surface area (Å²) in [5, 5.41) is 13.5. The van der Waals surface area contributed by atoms with Gasteiger partial charge in [-0.3, -0.25) is 0 Å². The Hall–Kier alpha value is -1.91. The van der Waals surface area contributed by atoms with Crippen molar-refractivity contribution in [1.29, 1.82) is 0 Å². The van der Waals surface area contributed by atoms with Crippen LogP contribution in [0, 0.1) is 13.8 Å². The maximum absolute atomic E-state index is 11.4. The first-order valence-corrected chi connectivity index (χ1v) is 5.52. The van der Waals surface area contributed by atoms with Crippen molar-refractivity contribution in [2.24, 2.45) is 0 Å². The van der Waals surface area contributed by atoms with E-state index in [0.29, 0.717) is 11.5 Å². The van der Waals surface area contributed by atoms with Gasteiger partial charge < -0.3 is 5.11 Å². The topological polar surface area (TPSA) is 67.5 Å². The van der Waals surface area contributed by atoms with Crippen LogP contribution in [-0.4, -0.2) is 25.7 Å². The van der Waals surface area contributed by atoms with Crippen molar-refractivity contribution in [1.82, 2.24) is 14.6 Å². The molecule has 2 rings (SSSR count). The Morgan fingerprint density at radius 1 is 1.41 bits per heavy atom. The van der Waals surface area contributed by atoms with E-state index in [1.54, 1.807) is 6.92 Å². The minimum Gasteiger partial charge on any atom is -0.476 e. The summed E-state index contributed by atoms with van der Waals surface area (Å²) in [6.07, 6.45) is 0. The molecule has 0 saturated carbocycles. The van der Waals surface area contributed by atoms with Gasteiger partial charge in [-0.15, -0.1) is 0 Å². The maximum Gasteiger partial charge on any atom is 0.354 e. The lowest BCUT2D eigenvalue weighted by molar-refractivity contribution is 0.0685. The molecule has 1 N–H and O–H groups in total. The standard InChI is InChI=1S/C12H15N3O2/c1-6(2)10-7(3)5-9-13-8(4)14-15(9)11(10)12(16)17/h5-6H,1-4H3,(H,16,17). The Morgan fingerprint density at radius 2 is 2.06 bits per heavy atom. The van der Waals surface area contributed by atoms with Crippen molar-refractivity contribution in [3.63, 3.8) is 0 Å². The first-order chi connectivity index (χ1) is 7.91. The normalized spacial score (nSPS) is 11.4. The lowest BCUT2D eigenvalue weighted by atomic mass is 9.96. The molecule has 5 nitrogen and oxygen atoms in total. The highest BCUT2D eigenvalue weighted by Gasteiger charge is 2.21. The second-order valence-corrected chi connectivity index (χ2v) is 4.48. The van der Waals surface area contributed by atoms with E-state index in [0.717, 1.165) is 11.1 Å². The van der Waals surface area contributed by atoms with E-state index in [1.807, 2.05) is 26.8 Å². The van der Waals surface area contributed by atoms with Crippen LogP contribution in [0.1, 0.15) is 47.2 Å². The van der Waals surface area contributed by atoms with Crippen LogP contribution in [-0.2, 0) is 0 Å². The fraction of sp³-hybridized carbons (Fsp3) is 0.417. The van der Waals surface area contributed by atoms with E-state index in [-0.39, 0.29) is 11.6 Å². The van der Waals surface area contributed by atoms with E-state index in [9.17, 15) is 9.90 Å². The first kappa shape index (κ1) is 11.6. The highest BCUT2D eigenvalue weighted by molar-refractivity contribution is 5.89. The molecule has 0 spiro atoms. The summed E-state index contributed by atoms with van der Waals surface area (Å²) in [7, 11) is 0. The Morgan fingerprint density at radius 3 is 2.59 bits per heavy atom. The Bertz CT molecular complexity index is 599. The van der Waals surface area contributed by atoms with Crippen LogP contribution in [0.25, 0.3) is 5.65 Å². The summed E-state index contributed by atoms with van der Waals surface area (Å²) in [6.45, 7) is 7.61. The van der Waals surface area contributed by atoms with Gasteiger partial charge in [0.05, 0.1) is 0 Å². The number of hydrogen-bond donors (Lipinski definition) is 1. The largest absolute Gasteiger partial charge is 0.476 e. The van der Waals surface area contributed by atoms with Gasteiger partial charge in [-0.25, -0.2) is 14.3 Å². The van der Waals surface area contributed by atoms with E-state index in [4.69, 9.17) is 0 Å². The molecule has 0 bridgehead atoms. The molecule has 17 heavy (non-hydrogen) atoms. The molecule has 0 aromatic carbocycles. The molecule has 0 fully saturated rings. The van der Waals surface area contributed by atoms with Crippen LogP contribution in [0.5, 0.6) is 0 Å². The molecule has 0 radical (unpaired) electrons. The SMILES string of the molecule is Cc1nc2cc(C)c(C(C)C)c(C(=O)O)n2n1. The summed E-state index contributed by atoms with van der Waals surface area (Å²) in [5.74, 6) is -0.255. The number of carboxylic acids is 1. The van der Waals surface area contributed by atoms with Gasteiger partial charge >= 0.3 is 5.97 Å². The van der Waals surface area contributed by atoms with Crippen LogP contribution in [0.2, 0.25) is 0 Å². The number of rotatable bonds is 2. The van der Waals surface area contributed by atoms with E-state index in [1.165, 1.54) is 4.52 Å². The van der Waals surface area contributed by atoms with E-state index in [2.05, 4.69) is 10.1 Å². The van der Waals surface area contributed by atoms with Crippen molar-refractivity contribution in [2.75, 3.05) is 0 Å². The molecule has 2 aromatic heterocycles. The third kappa shape index (κ3) is 1.77. The molecule has 90 valence electrons. The molecular weight excluding hydrogens is 218 g/mol. The van der Waals surface area contributed by atoms with Crippen LogP contribution in [0.4, 0.5) is 0 Å². The van der Waals surface area contributed by atoms with Crippen LogP contribution < -0.4 is 0 Å². The highest BCUT2D eigenvalue weighted by atomic mass is 16.4. The van der Waals surface area contributed by atoms with Crippen molar-refractivity contribution in [2.45, 2.75) is 33.6 Å². The van der Waals surface area contributed by atoms with Gasteiger partial charge in [-0.1, -0.05) is 13.8 Å². The fourth-order valence-corrected chi connectivity index (χ4v) is 2.20. The van der Waals surface area contributed by atoms with Crippen LogP contribution >= 0.6 is 0 Å². The van der Waals surface area contributed by atoms with Crippen LogP contribution in [0.15, 0.2) is 6.07 Å². The second-order valence-electron chi connectivity index (χ2n) is 4.48. The third-order valence-electron chi connectivity index (χ3n) is 2.76. The van der Waals surface area contributed by atoms with E-state index < -0.39 is 5.97 Å². The van der Waals surface area contributed by atoms with Gasteiger partial charge in [0.2, 0.25) is 0 Å². The highest BCUT2D eigenvalue weighted by Crippen LogP contribution is 2.25. The molecule has 0 amide bonds. The average molecular weight is 233 g/mol. The van der Waals surface area contributed by atoms with Crippen molar-refractivity contribution < 1.29 is 9.90 Å². The monoisotopic (exact) mass is 233 g/mol. The minimum absolute atomic E-state index is 0.134. The van der Waals surface area contributed by atoms with Gasteiger partial charge in [0.1, 0.15) is 5.82 Å². The average Bonchev–Trinajstić information content (AvgIpc) is 2.54. The van der Waals surface area contributed by atoms with Crippen LogP contribution in [0.3, 0.4) is 0 Å². The number of carboxylic acid groups (broad SMARTS) is 1. The van der Waals surface area contributed by atoms with Gasteiger partial charge in [-0.2, -0.15) is 5.10 Å². The lowest BCUT2D eigenvalue weighted by Gasteiger charge is -2.14.